The van der Waals surface area contributed by atoms with Crippen LogP contribution in [0.4, 0.5) is 19.0 Å². The maximum atomic E-state index is 12.7. The molecule has 7 nitrogen and oxygen atoms in total. The third-order valence-corrected chi connectivity index (χ3v) is 4.60. The van der Waals surface area contributed by atoms with Gasteiger partial charge in [-0.15, -0.1) is 0 Å². The number of hydrogen-bond acceptors (Lipinski definition) is 5. The zero-order valence-corrected chi connectivity index (χ0v) is 18.1. The van der Waals surface area contributed by atoms with Crippen molar-refractivity contribution in [1.29, 1.82) is 0 Å². The Labute approximate surface area is 179 Å². The molecule has 1 aliphatic heterocycles. The van der Waals surface area contributed by atoms with Gasteiger partial charge in [-0.3, -0.25) is 14.6 Å². The van der Waals surface area contributed by atoms with Gasteiger partial charge in [-0.1, -0.05) is 13.8 Å². The van der Waals surface area contributed by atoms with Crippen LogP contribution >= 0.6 is 0 Å². The van der Waals surface area contributed by atoms with Crippen molar-refractivity contribution in [2.75, 3.05) is 11.9 Å². The van der Waals surface area contributed by atoms with Gasteiger partial charge in [0.15, 0.2) is 0 Å². The van der Waals surface area contributed by atoms with Crippen LogP contribution in [-0.4, -0.2) is 47.4 Å². The Bertz CT molecular complexity index is 896. The number of hydrogen-bond donors (Lipinski definition) is 2. The Kier molecular flexibility index (Phi) is 7.58. The van der Waals surface area contributed by atoms with Gasteiger partial charge in [0.05, 0.1) is 0 Å². The summed E-state index contributed by atoms with van der Waals surface area (Å²) in [5.74, 6) is -0.606. The Morgan fingerprint density at radius 1 is 1.26 bits per heavy atom. The average molecular weight is 440 g/mol. The molecule has 0 aromatic carbocycles. The smallest absolute Gasteiger partial charge is 0.360 e. The Balaban J connectivity index is 2.07. The normalized spacial score (nSPS) is 19.7. The molecule has 2 N–H and O–H groups in total. The Hall–Kier alpha value is -2.75. The predicted molar refractivity (Wildman–Crippen MR) is 111 cm³/mol. The second-order valence-corrected chi connectivity index (χ2v) is 8.10. The number of ether oxygens (including phenoxy) is 1. The summed E-state index contributed by atoms with van der Waals surface area (Å²) in [6.45, 7) is 7.03. The molecule has 0 saturated carbocycles. The quantitative estimate of drug-likeness (QED) is 0.675. The fraction of sp³-hybridized carbons (Fsp3) is 0.524. The van der Waals surface area contributed by atoms with Crippen LogP contribution in [0.25, 0.3) is 0 Å². The monoisotopic (exact) mass is 440 g/mol. The summed E-state index contributed by atoms with van der Waals surface area (Å²) in [6, 6.07) is 2.55. The van der Waals surface area contributed by atoms with Gasteiger partial charge in [-0.05, 0) is 38.5 Å². The van der Waals surface area contributed by atoms with Gasteiger partial charge in [0.2, 0.25) is 5.91 Å². The van der Waals surface area contributed by atoms with E-state index in [0.29, 0.717) is 16.8 Å². The molecule has 170 valence electrons. The maximum Gasteiger partial charge on any atom is 0.411 e. The largest absolute Gasteiger partial charge is 0.411 e. The number of carbonyl (C=O) groups excluding carboxylic acids is 2. The molecule has 2 amide bonds. The van der Waals surface area contributed by atoms with E-state index in [9.17, 15) is 22.8 Å². The molecular weight excluding hydrogens is 413 g/mol. The van der Waals surface area contributed by atoms with Crippen molar-refractivity contribution in [2.45, 2.75) is 58.9 Å². The van der Waals surface area contributed by atoms with Crippen LogP contribution in [0.2, 0.25) is 0 Å². The summed E-state index contributed by atoms with van der Waals surface area (Å²) in [4.78, 5) is 32.9. The zero-order valence-electron chi connectivity index (χ0n) is 18.1. The summed E-state index contributed by atoms with van der Waals surface area (Å²) in [6.07, 6.45) is -1.46. The van der Waals surface area contributed by atoms with Crippen molar-refractivity contribution in [3.05, 3.63) is 35.2 Å². The van der Waals surface area contributed by atoms with E-state index in [1.54, 1.807) is 33.8 Å². The lowest BCUT2D eigenvalue weighted by Crippen LogP contribution is -2.41. The van der Waals surface area contributed by atoms with Gasteiger partial charge in [0, 0.05) is 42.1 Å². The number of amides is 2. The molecule has 2 atom stereocenters. The van der Waals surface area contributed by atoms with E-state index in [0.717, 1.165) is 0 Å². The number of aryl methyl sites for hydroxylation is 1. The van der Waals surface area contributed by atoms with Crippen LogP contribution in [0.3, 0.4) is 0 Å². The van der Waals surface area contributed by atoms with Crippen LogP contribution in [0.5, 0.6) is 0 Å². The average Bonchev–Trinajstić information content (AvgIpc) is 2.65. The van der Waals surface area contributed by atoms with Gasteiger partial charge in [0.25, 0.3) is 5.91 Å². The summed E-state index contributed by atoms with van der Waals surface area (Å²) >= 11 is 0. The molecule has 0 fully saturated rings. The number of alkyl halides is 3. The van der Waals surface area contributed by atoms with Crippen molar-refractivity contribution in [1.82, 2.24) is 10.3 Å². The van der Waals surface area contributed by atoms with Crippen LogP contribution in [0.1, 0.15) is 50.2 Å². The first-order chi connectivity index (χ1) is 14.3. The molecule has 0 spiro atoms. The lowest BCUT2D eigenvalue weighted by Gasteiger charge is -2.31. The number of pyridine rings is 1. The van der Waals surface area contributed by atoms with Crippen LogP contribution in [0, 0.1) is 12.8 Å². The highest BCUT2D eigenvalue weighted by Gasteiger charge is 2.35. The molecule has 0 saturated heterocycles. The SMILES string of the molecule is Cc1cc(C(=O)NC(C)C2=CN=CC(C)(OCC(F)(F)F)C2)cc(NC(=O)C(C)C)n1. The standard InChI is InChI=1S/C21H27F3N4O3/c1-12(2)18(29)28-17-7-15(6-13(3)26-17)19(30)27-14(4)16-8-20(5,10-25-9-16)31-11-21(22,23)24/h6-7,9-10,12,14H,8,11H2,1-5H3,(H,27,30)(H,26,28,29). The molecule has 2 heterocycles. The Morgan fingerprint density at radius 3 is 2.55 bits per heavy atom. The van der Waals surface area contributed by atoms with Crippen molar-refractivity contribution in [3.63, 3.8) is 0 Å². The predicted octanol–water partition coefficient (Wildman–Crippen LogP) is 3.80. The molecule has 31 heavy (non-hydrogen) atoms. The maximum absolute atomic E-state index is 12.7. The first-order valence-electron chi connectivity index (χ1n) is 9.82. The number of nitrogens with one attached hydrogen (secondary N) is 2. The minimum Gasteiger partial charge on any atom is -0.360 e. The van der Waals surface area contributed by atoms with E-state index in [1.165, 1.54) is 25.4 Å². The van der Waals surface area contributed by atoms with E-state index < -0.39 is 30.3 Å². The van der Waals surface area contributed by atoms with Gasteiger partial charge in [0.1, 0.15) is 18.0 Å². The topological polar surface area (TPSA) is 92.7 Å². The second-order valence-electron chi connectivity index (χ2n) is 8.10. The first kappa shape index (κ1) is 24.5. The highest BCUT2D eigenvalue weighted by Crippen LogP contribution is 2.28. The number of nitrogens with zero attached hydrogens (tertiary/aromatic N) is 2. The summed E-state index contributed by atoms with van der Waals surface area (Å²) < 4.78 is 42.6. The third kappa shape index (κ3) is 7.46. The van der Waals surface area contributed by atoms with Crippen LogP contribution in [0.15, 0.2) is 28.9 Å². The van der Waals surface area contributed by atoms with Gasteiger partial charge in [-0.25, -0.2) is 4.98 Å². The lowest BCUT2D eigenvalue weighted by atomic mass is 9.92. The minimum atomic E-state index is -4.44. The van der Waals surface area contributed by atoms with Crippen LogP contribution < -0.4 is 10.6 Å². The number of carbonyl (C=O) groups is 2. The fourth-order valence-electron chi connectivity index (χ4n) is 2.89. The van der Waals surface area contributed by atoms with E-state index >= 15 is 0 Å². The second kappa shape index (κ2) is 9.59. The van der Waals surface area contributed by atoms with E-state index in [1.807, 2.05) is 0 Å². The molecule has 1 aromatic heterocycles. The zero-order chi connectivity index (χ0) is 23.4. The first-order valence-corrected chi connectivity index (χ1v) is 9.82. The van der Waals surface area contributed by atoms with Crippen molar-refractivity contribution in [2.24, 2.45) is 10.9 Å². The molecule has 2 unspecified atom stereocenters. The van der Waals surface area contributed by atoms with Crippen LogP contribution in [-0.2, 0) is 9.53 Å². The summed E-state index contributed by atoms with van der Waals surface area (Å²) in [7, 11) is 0. The molecule has 2 rings (SSSR count). The lowest BCUT2D eigenvalue weighted by molar-refractivity contribution is -0.191. The number of aromatic nitrogens is 1. The molecule has 1 aliphatic rings. The Morgan fingerprint density at radius 2 is 1.94 bits per heavy atom. The van der Waals surface area contributed by atoms with Crippen molar-refractivity contribution in [3.8, 4) is 0 Å². The molecule has 1 aromatic rings. The fourth-order valence-corrected chi connectivity index (χ4v) is 2.89. The molecular formula is C21H27F3N4O3. The van der Waals surface area contributed by atoms with Gasteiger partial charge in [-0.2, -0.15) is 13.2 Å². The summed E-state index contributed by atoms with van der Waals surface area (Å²) in [5.41, 5.74) is 0.253. The highest BCUT2D eigenvalue weighted by molar-refractivity contribution is 5.97. The molecule has 0 radical (unpaired) electrons. The van der Waals surface area contributed by atoms with Gasteiger partial charge < -0.3 is 15.4 Å². The molecule has 0 aliphatic carbocycles. The molecule has 10 heteroatoms. The van der Waals surface area contributed by atoms with E-state index in [4.69, 9.17) is 4.74 Å². The number of halogens is 3. The minimum absolute atomic E-state index is 0.152. The van der Waals surface area contributed by atoms with Crippen molar-refractivity contribution < 1.29 is 27.5 Å². The number of aliphatic imine (C=N–C) groups is 1. The van der Waals surface area contributed by atoms with E-state index in [-0.39, 0.29) is 24.1 Å². The van der Waals surface area contributed by atoms with E-state index in [2.05, 4.69) is 20.6 Å². The molecule has 0 bridgehead atoms. The number of rotatable bonds is 7. The number of anilines is 1. The highest BCUT2D eigenvalue weighted by atomic mass is 19.4. The van der Waals surface area contributed by atoms with Gasteiger partial charge >= 0.3 is 6.18 Å². The van der Waals surface area contributed by atoms with Crippen molar-refractivity contribution >= 4 is 23.8 Å². The third-order valence-electron chi connectivity index (χ3n) is 4.60. The summed E-state index contributed by atoms with van der Waals surface area (Å²) in [5, 5.41) is 5.47.